The van der Waals surface area contributed by atoms with Gasteiger partial charge >= 0.3 is 0 Å². The first kappa shape index (κ1) is 24.5. The summed E-state index contributed by atoms with van der Waals surface area (Å²) in [7, 11) is 0. The molecular formula is C27H40N6O. The molecule has 2 fully saturated rings. The Kier molecular flexibility index (Phi) is 8.38. The lowest BCUT2D eigenvalue weighted by Gasteiger charge is -2.35. The van der Waals surface area contributed by atoms with Crippen molar-refractivity contribution >= 4 is 17.7 Å². The minimum Gasteiger partial charge on any atom is -0.367 e. The first-order chi connectivity index (χ1) is 16.6. The second kappa shape index (κ2) is 11.6. The summed E-state index contributed by atoms with van der Waals surface area (Å²) in [5.41, 5.74) is 2.45. The number of rotatable bonds is 8. The van der Waals surface area contributed by atoms with Crippen LogP contribution in [-0.2, 0) is 11.3 Å². The van der Waals surface area contributed by atoms with E-state index in [9.17, 15) is 4.79 Å². The number of aromatic nitrogens is 2. The van der Waals surface area contributed by atoms with E-state index in [1.54, 1.807) is 0 Å². The van der Waals surface area contributed by atoms with Gasteiger partial charge in [-0.2, -0.15) is 4.98 Å². The minimum absolute atomic E-state index is 0.0314. The van der Waals surface area contributed by atoms with Gasteiger partial charge in [0.05, 0.1) is 5.92 Å². The fourth-order valence-electron chi connectivity index (χ4n) is 5.16. The standard InChI is InChI=1S/C27H40N6O/c1-4-32(5-2)26(34)23-12-9-15-33(20-23)27-28-18-21(3)25(30-27)29-24-13-16-31(17-14-24)19-22-10-7-6-8-11-22/h6-8,10-11,18,23-24H,4-5,9,12-17,19-20H2,1-3H3,(H,28,29,30). The molecule has 1 amide bonds. The van der Waals surface area contributed by atoms with Crippen LogP contribution < -0.4 is 10.2 Å². The van der Waals surface area contributed by atoms with Crippen LogP contribution in [0.2, 0.25) is 0 Å². The molecule has 1 atom stereocenters. The largest absolute Gasteiger partial charge is 0.367 e. The zero-order valence-corrected chi connectivity index (χ0v) is 21.0. The Morgan fingerprint density at radius 3 is 2.53 bits per heavy atom. The third-order valence-electron chi connectivity index (χ3n) is 7.27. The first-order valence-corrected chi connectivity index (χ1v) is 13.0. The number of aryl methyl sites for hydroxylation is 1. The Balaban J connectivity index is 1.35. The molecule has 0 spiro atoms. The van der Waals surface area contributed by atoms with E-state index in [4.69, 9.17) is 4.98 Å². The Morgan fingerprint density at radius 1 is 1.09 bits per heavy atom. The Morgan fingerprint density at radius 2 is 1.82 bits per heavy atom. The molecule has 0 bridgehead atoms. The number of likely N-dealkylation sites (tertiary alicyclic amines) is 1. The molecule has 7 nitrogen and oxygen atoms in total. The molecule has 0 aliphatic carbocycles. The summed E-state index contributed by atoms with van der Waals surface area (Å²) in [5, 5.41) is 3.70. The molecule has 2 aliphatic heterocycles. The van der Waals surface area contributed by atoms with Crippen LogP contribution in [0, 0.1) is 12.8 Å². The summed E-state index contributed by atoms with van der Waals surface area (Å²) < 4.78 is 0. The van der Waals surface area contributed by atoms with Crippen LogP contribution in [0.3, 0.4) is 0 Å². The van der Waals surface area contributed by atoms with E-state index in [1.807, 2.05) is 11.1 Å². The van der Waals surface area contributed by atoms with Crippen LogP contribution in [0.4, 0.5) is 11.8 Å². The number of nitrogens with zero attached hydrogens (tertiary/aromatic N) is 5. The molecule has 2 aliphatic rings. The lowest BCUT2D eigenvalue weighted by atomic mass is 9.96. The normalized spacial score (nSPS) is 19.7. The number of hydrogen-bond acceptors (Lipinski definition) is 6. The SMILES string of the molecule is CCN(CC)C(=O)C1CCCN(c2ncc(C)c(NC3CCN(Cc4ccccc4)CC3)n2)C1. The molecule has 2 saturated heterocycles. The molecular weight excluding hydrogens is 424 g/mol. The molecule has 1 aromatic carbocycles. The monoisotopic (exact) mass is 464 g/mol. The highest BCUT2D eigenvalue weighted by molar-refractivity contribution is 5.79. The van der Waals surface area contributed by atoms with Crippen molar-refractivity contribution in [1.82, 2.24) is 19.8 Å². The smallest absolute Gasteiger partial charge is 0.227 e. The lowest BCUT2D eigenvalue weighted by molar-refractivity contribution is -0.135. The summed E-state index contributed by atoms with van der Waals surface area (Å²) in [5.74, 6) is 1.97. The zero-order chi connectivity index (χ0) is 23.9. The van der Waals surface area contributed by atoms with Gasteiger partial charge in [-0.15, -0.1) is 0 Å². The van der Waals surface area contributed by atoms with Crippen molar-refractivity contribution in [3.05, 3.63) is 47.7 Å². The summed E-state index contributed by atoms with van der Waals surface area (Å²) in [4.78, 5) is 29.1. The number of amides is 1. The fourth-order valence-corrected chi connectivity index (χ4v) is 5.16. The van der Waals surface area contributed by atoms with Crippen molar-refractivity contribution in [2.75, 3.05) is 49.5 Å². The molecule has 0 saturated carbocycles. The van der Waals surface area contributed by atoms with Crippen molar-refractivity contribution < 1.29 is 4.79 Å². The molecule has 34 heavy (non-hydrogen) atoms. The molecule has 3 heterocycles. The molecule has 2 aromatic rings. The van der Waals surface area contributed by atoms with Gasteiger partial charge in [-0.25, -0.2) is 4.98 Å². The maximum atomic E-state index is 12.9. The van der Waals surface area contributed by atoms with Gasteiger partial charge < -0.3 is 15.1 Å². The molecule has 1 aromatic heterocycles. The van der Waals surface area contributed by atoms with Gasteiger partial charge in [-0.05, 0) is 52.0 Å². The zero-order valence-electron chi connectivity index (χ0n) is 21.0. The van der Waals surface area contributed by atoms with Crippen LogP contribution in [0.15, 0.2) is 36.5 Å². The summed E-state index contributed by atoms with van der Waals surface area (Å²) in [6.45, 7) is 12.5. The Bertz CT molecular complexity index is 924. The van der Waals surface area contributed by atoms with Crippen molar-refractivity contribution in [3.8, 4) is 0 Å². The third kappa shape index (κ3) is 6.06. The van der Waals surface area contributed by atoms with E-state index >= 15 is 0 Å². The Hall–Kier alpha value is -2.67. The van der Waals surface area contributed by atoms with E-state index in [0.717, 1.165) is 82.3 Å². The third-order valence-corrected chi connectivity index (χ3v) is 7.27. The van der Waals surface area contributed by atoms with Crippen LogP contribution in [-0.4, -0.2) is 71.0 Å². The van der Waals surface area contributed by atoms with E-state index in [0.29, 0.717) is 12.6 Å². The van der Waals surface area contributed by atoms with E-state index in [-0.39, 0.29) is 11.8 Å². The number of piperidine rings is 2. The van der Waals surface area contributed by atoms with Gasteiger partial charge in [-0.1, -0.05) is 30.3 Å². The number of carbonyl (C=O) groups excluding carboxylic acids is 1. The van der Waals surface area contributed by atoms with E-state index in [1.165, 1.54) is 5.56 Å². The summed E-state index contributed by atoms with van der Waals surface area (Å²) in [6.07, 6.45) is 6.08. The highest BCUT2D eigenvalue weighted by Gasteiger charge is 2.30. The second-order valence-corrected chi connectivity index (χ2v) is 9.68. The van der Waals surface area contributed by atoms with E-state index in [2.05, 4.69) is 71.2 Å². The van der Waals surface area contributed by atoms with Crippen LogP contribution in [0.5, 0.6) is 0 Å². The Labute approximate surface area is 204 Å². The minimum atomic E-state index is 0.0314. The lowest BCUT2D eigenvalue weighted by Crippen LogP contribution is -2.45. The number of nitrogens with one attached hydrogen (secondary N) is 1. The predicted octanol–water partition coefficient (Wildman–Crippen LogP) is 3.95. The molecule has 7 heteroatoms. The topological polar surface area (TPSA) is 64.6 Å². The number of hydrogen-bond donors (Lipinski definition) is 1. The highest BCUT2D eigenvalue weighted by atomic mass is 16.2. The van der Waals surface area contributed by atoms with Gasteiger partial charge in [0.15, 0.2) is 0 Å². The number of anilines is 2. The molecule has 4 rings (SSSR count). The van der Waals surface area contributed by atoms with Crippen molar-refractivity contribution in [2.24, 2.45) is 5.92 Å². The molecule has 184 valence electrons. The van der Waals surface area contributed by atoms with Crippen molar-refractivity contribution in [2.45, 2.75) is 59.0 Å². The van der Waals surface area contributed by atoms with Crippen molar-refractivity contribution in [3.63, 3.8) is 0 Å². The van der Waals surface area contributed by atoms with Gasteiger partial charge in [-0.3, -0.25) is 9.69 Å². The quantitative estimate of drug-likeness (QED) is 0.638. The number of benzene rings is 1. The summed E-state index contributed by atoms with van der Waals surface area (Å²) in [6, 6.07) is 11.1. The van der Waals surface area contributed by atoms with Crippen LogP contribution in [0.25, 0.3) is 0 Å². The average molecular weight is 465 g/mol. The first-order valence-electron chi connectivity index (χ1n) is 13.0. The molecule has 1 N–H and O–H groups in total. The van der Waals surface area contributed by atoms with Gasteiger partial charge in [0.1, 0.15) is 5.82 Å². The average Bonchev–Trinajstić information content (AvgIpc) is 2.88. The van der Waals surface area contributed by atoms with Gasteiger partial charge in [0.2, 0.25) is 11.9 Å². The fraction of sp³-hybridized carbons (Fsp3) is 0.593. The van der Waals surface area contributed by atoms with Crippen molar-refractivity contribution in [1.29, 1.82) is 0 Å². The predicted molar refractivity (Wildman–Crippen MR) is 138 cm³/mol. The van der Waals surface area contributed by atoms with E-state index < -0.39 is 0 Å². The molecule has 0 radical (unpaired) electrons. The van der Waals surface area contributed by atoms with Crippen LogP contribution in [0.1, 0.15) is 50.7 Å². The van der Waals surface area contributed by atoms with Crippen LogP contribution >= 0.6 is 0 Å². The second-order valence-electron chi connectivity index (χ2n) is 9.68. The highest BCUT2D eigenvalue weighted by Crippen LogP contribution is 2.25. The molecule has 1 unspecified atom stereocenters. The maximum absolute atomic E-state index is 12.9. The summed E-state index contributed by atoms with van der Waals surface area (Å²) >= 11 is 0. The van der Waals surface area contributed by atoms with Gasteiger partial charge in [0, 0.05) is 63.6 Å². The number of carbonyl (C=O) groups is 1. The maximum Gasteiger partial charge on any atom is 0.227 e. The van der Waals surface area contributed by atoms with Gasteiger partial charge in [0.25, 0.3) is 0 Å².